The molecule has 2 rings (SSSR count). The summed E-state index contributed by atoms with van der Waals surface area (Å²) in [5.41, 5.74) is -3.35. The van der Waals surface area contributed by atoms with Crippen molar-refractivity contribution in [3.8, 4) is 5.75 Å². The van der Waals surface area contributed by atoms with E-state index >= 15 is 0 Å². The Bertz CT molecular complexity index is 1380. The highest BCUT2D eigenvalue weighted by Gasteiger charge is 2.51. The first-order valence-electron chi connectivity index (χ1n) is 11.1. The van der Waals surface area contributed by atoms with Crippen LogP contribution in [0.4, 0.5) is 33.7 Å². The van der Waals surface area contributed by atoms with Gasteiger partial charge in [-0.1, -0.05) is 18.2 Å². The molecule has 0 aliphatic rings. The molecule has 15 heteroatoms. The lowest BCUT2D eigenvalue weighted by molar-refractivity contribution is -0.242. The topological polar surface area (TPSA) is 125 Å². The van der Waals surface area contributed by atoms with Crippen LogP contribution in [0.5, 0.6) is 5.75 Å². The number of aromatic hydroxyl groups is 1. The third-order valence-electron chi connectivity index (χ3n) is 5.38. The van der Waals surface area contributed by atoms with Crippen molar-refractivity contribution in [2.45, 2.75) is 50.4 Å². The van der Waals surface area contributed by atoms with Crippen LogP contribution in [0.1, 0.15) is 27.7 Å². The monoisotopic (exact) mass is 595 g/mol. The number of phenols is 1. The van der Waals surface area contributed by atoms with Gasteiger partial charge in [0.1, 0.15) is 11.6 Å². The summed E-state index contributed by atoms with van der Waals surface area (Å²) < 4.78 is 85.4. The maximum atomic E-state index is 13.7. The Labute approximate surface area is 227 Å². The van der Waals surface area contributed by atoms with Gasteiger partial charge in [-0.2, -0.15) is 13.2 Å². The number of hydrogen-bond acceptors (Lipinski definition) is 6. The molecule has 2 aromatic carbocycles. The molecule has 1 atom stereocenters. The van der Waals surface area contributed by atoms with Gasteiger partial charge in [-0.3, -0.25) is 14.4 Å². The van der Waals surface area contributed by atoms with Crippen molar-refractivity contribution in [2.24, 2.45) is 0 Å². The number of ether oxygens (including phenoxy) is 1. The SMILES string of the molecule is C=C(CN(c1cc(NC(=O)OC(C)(C)C(F)(F)F)ccc1O)S(=O)(=O)c1ccc(F)c(Cl)c1)[C@H](C)NC(C)=O. The lowest BCUT2D eigenvalue weighted by Gasteiger charge is -2.29. The van der Waals surface area contributed by atoms with E-state index in [2.05, 4.69) is 21.9 Å². The molecule has 3 N–H and O–H groups in total. The molecule has 0 heterocycles. The third-order valence-corrected chi connectivity index (χ3v) is 7.42. The van der Waals surface area contributed by atoms with E-state index in [1.807, 2.05) is 0 Å². The van der Waals surface area contributed by atoms with Gasteiger partial charge in [-0.25, -0.2) is 17.6 Å². The fourth-order valence-electron chi connectivity index (χ4n) is 3.03. The molecule has 0 fully saturated rings. The molecule has 0 spiro atoms. The lowest BCUT2D eigenvalue weighted by atomic mass is 10.1. The predicted molar refractivity (Wildman–Crippen MR) is 137 cm³/mol. The van der Waals surface area contributed by atoms with Crippen LogP contribution in [0.2, 0.25) is 5.02 Å². The number of phenolic OH excluding ortho intramolecular Hbond substituents is 1. The molecule has 2 aromatic rings. The number of rotatable bonds is 9. The lowest BCUT2D eigenvalue weighted by Crippen LogP contribution is -2.44. The molecule has 2 amide bonds. The summed E-state index contributed by atoms with van der Waals surface area (Å²) in [7, 11) is -4.61. The van der Waals surface area contributed by atoms with Gasteiger partial charge >= 0.3 is 12.3 Å². The number of benzene rings is 2. The molecule has 0 saturated heterocycles. The van der Waals surface area contributed by atoms with Crippen molar-refractivity contribution < 1.29 is 45.4 Å². The van der Waals surface area contributed by atoms with Gasteiger partial charge in [-0.15, -0.1) is 0 Å². The number of carbonyl (C=O) groups excluding carboxylic acids is 2. The number of nitrogens with one attached hydrogen (secondary N) is 2. The smallest absolute Gasteiger partial charge is 0.427 e. The van der Waals surface area contributed by atoms with Crippen molar-refractivity contribution in [3.05, 3.63) is 59.4 Å². The quantitative estimate of drug-likeness (QED) is 0.204. The van der Waals surface area contributed by atoms with Gasteiger partial charge in [0.25, 0.3) is 10.0 Å². The van der Waals surface area contributed by atoms with Crippen LogP contribution in [-0.4, -0.2) is 49.9 Å². The molecule has 0 radical (unpaired) electrons. The number of anilines is 2. The highest BCUT2D eigenvalue weighted by atomic mass is 35.5. The fraction of sp³-hybridized carbons (Fsp3) is 0.333. The van der Waals surface area contributed by atoms with Gasteiger partial charge in [0.2, 0.25) is 11.5 Å². The standard InChI is InChI=1S/C24H26ClF4N3O6S/c1-13(14(2)30-15(3)33)12-32(39(36,37)17-7-8-19(26)18(25)11-17)20-10-16(6-9-21(20)34)31-22(35)38-23(4,5)24(27,28)29/h6-11,14,34H,1,12H2,2-5H3,(H,30,33)(H,31,35)/t14-/m0/s1. The molecule has 0 aromatic heterocycles. The highest BCUT2D eigenvalue weighted by molar-refractivity contribution is 7.92. The highest BCUT2D eigenvalue weighted by Crippen LogP contribution is 2.37. The number of alkyl halides is 3. The second-order valence-corrected chi connectivity index (χ2v) is 11.2. The van der Waals surface area contributed by atoms with Crippen LogP contribution in [0, 0.1) is 5.82 Å². The summed E-state index contributed by atoms with van der Waals surface area (Å²) in [5.74, 6) is -1.93. The van der Waals surface area contributed by atoms with Crippen LogP contribution in [0.3, 0.4) is 0 Å². The molecular weight excluding hydrogens is 570 g/mol. The number of amides is 2. The summed E-state index contributed by atoms with van der Waals surface area (Å²) in [6.07, 6.45) is -6.38. The van der Waals surface area contributed by atoms with Crippen molar-refractivity contribution in [2.75, 3.05) is 16.2 Å². The molecule has 214 valence electrons. The van der Waals surface area contributed by atoms with Crippen LogP contribution in [0.25, 0.3) is 0 Å². The maximum absolute atomic E-state index is 13.7. The zero-order valence-corrected chi connectivity index (χ0v) is 22.8. The Balaban J connectivity index is 2.55. The summed E-state index contributed by atoms with van der Waals surface area (Å²) in [4.78, 5) is 23.2. The minimum atomic E-state index is -4.88. The van der Waals surface area contributed by atoms with Crippen LogP contribution >= 0.6 is 11.6 Å². The number of hydrogen-bond donors (Lipinski definition) is 3. The first-order valence-corrected chi connectivity index (χ1v) is 12.9. The molecule has 39 heavy (non-hydrogen) atoms. The van der Waals surface area contributed by atoms with E-state index in [4.69, 9.17) is 11.6 Å². The van der Waals surface area contributed by atoms with Gasteiger partial charge in [-0.05, 0) is 62.7 Å². The Morgan fingerprint density at radius 1 is 1.18 bits per heavy atom. The normalized spacial score (nSPS) is 12.8. The zero-order chi connectivity index (χ0) is 29.9. The second kappa shape index (κ2) is 11.7. The van der Waals surface area contributed by atoms with Gasteiger partial charge in [0.05, 0.1) is 22.2 Å². The molecule has 0 saturated carbocycles. The average molecular weight is 596 g/mol. The predicted octanol–water partition coefficient (Wildman–Crippen LogP) is 5.35. The zero-order valence-electron chi connectivity index (χ0n) is 21.2. The maximum Gasteiger partial charge on any atom is 0.427 e. The van der Waals surface area contributed by atoms with Crippen LogP contribution in [-0.2, 0) is 19.6 Å². The molecule has 0 aliphatic carbocycles. The molecular formula is C24H26ClF4N3O6S. The molecule has 0 bridgehead atoms. The van der Waals surface area contributed by atoms with Crippen LogP contribution < -0.4 is 14.9 Å². The Hall–Kier alpha value is -3.52. The summed E-state index contributed by atoms with van der Waals surface area (Å²) in [5, 5.41) is 14.6. The van der Waals surface area contributed by atoms with Crippen molar-refractivity contribution in [1.82, 2.24) is 5.32 Å². The molecule has 0 aliphatic heterocycles. The van der Waals surface area contributed by atoms with E-state index in [9.17, 15) is 40.7 Å². The minimum Gasteiger partial charge on any atom is -0.506 e. The second-order valence-electron chi connectivity index (χ2n) is 8.89. The van der Waals surface area contributed by atoms with E-state index in [0.29, 0.717) is 18.2 Å². The molecule has 0 unspecified atom stereocenters. The van der Waals surface area contributed by atoms with E-state index < -0.39 is 73.6 Å². The Morgan fingerprint density at radius 2 is 1.79 bits per heavy atom. The number of sulfonamides is 1. The summed E-state index contributed by atoms with van der Waals surface area (Å²) in [6.45, 7) is 7.30. The van der Waals surface area contributed by atoms with Gasteiger partial charge in [0.15, 0.2) is 0 Å². The Kier molecular flexibility index (Phi) is 9.51. The van der Waals surface area contributed by atoms with E-state index in [1.165, 1.54) is 13.8 Å². The van der Waals surface area contributed by atoms with E-state index in [-0.39, 0.29) is 11.3 Å². The van der Waals surface area contributed by atoms with Gasteiger partial charge in [0, 0.05) is 18.7 Å². The number of halogens is 5. The average Bonchev–Trinajstić information content (AvgIpc) is 2.78. The first kappa shape index (κ1) is 31.7. The van der Waals surface area contributed by atoms with Gasteiger partial charge < -0.3 is 15.2 Å². The van der Waals surface area contributed by atoms with Crippen molar-refractivity contribution >= 4 is 45.0 Å². The summed E-state index contributed by atoms with van der Waals surface area (Å²) in [6, 6.07) is 4.90. The minimum absolute atomic E-state index is 0.158. The van der Waals surface area contributed by atoms with Crippen molar-refractivity contribution in [1.29, 1.82) is 0 Å². The summed E-state index contributed by atoms with van der Waals surface area (Å²) >= 11 is 5.77. The Morgan fingerprint density at radius 3 is 2.33 bits per heavy atom. The number of nitrogens with zero attached hydrogens (tertiary/aromatic N) is 1. The fourth-order valence-corrected chi connectivity index (χ4v) is 4.77. The van der Waals surface area contributed by atoms with E-state index in [0.717, 1.165) is 36.4 Å². The first-order chi connectivity index (χ1) is 17.8. The van der Waals surface area contributed by atoms with Crippen LogP contribution in [0.15, 0.2) is 53.4 Å². The third kappa shape index (κ3) is 7.76. The van der Waals surface area contributed by atoms with E-state index in [1.54, 1.807) is 0 Å². The number of carbonyl (C=O) groups is 2. The largest absolute Gasteiger partial charge is 0.506 e. The molecule has 9 nitrogen and oxygen atoms in total. The van der Waals surface area contributed by atoms with Crippen molar-refractivity contribution in [3.63, 3.8) is 0 Å².